The van der Waals surface area contributed by atoms with Crippen molar-refractivity contribution >= 4 is 5.69 Å². The van der Waals surface area contributed by atoms with Gasteiger partial charge in [0, 0.05) is 14.0 Å². The minimum atomic E-state index is -0.979. The van der Waals surface area contributed by atoms with Crippen LogP contribution in [0.25, 0.3) is 4.85 Å². The Balaban J connectivity index is 2.32. The van der Waals surface area contributed by atoms with Crippen molar-refractivity contribution in [2.24, 2.45) is 5.92 Å². The van der Waals surface area contributed by atoms with Crippen LogP contribution in [0.2, 0.25) is 0 Å². The number of fused-ring (bicyclic) bond motifs is 1. The lowest BCUT2D eigenvalue weighted by Gasteiger charge is -2.37. The van der Waals surface area contributed by atoms with Crippen LogP contribution < -0.4 is 0 Å². The molecule has 3 rings (SSSR count). The number of benzene rings is 2. The van der Waals surface area contributed by atoms with Gasteiger partial charge in [-0.05, 0) is 100 Å². The van der Waals surface area contributed by atoms with E-state index in [2.05, 4.69) is 37.6 Å². The average Bonchev–Trinajstić information content (AvgIpc) is 3.03. The summed E-state index contributed by atoms with van der Waals surface area (Å²) >= 11 is 0. The maximum Gasteiger partial charge on any atom is 0.190 e. The van der Waals surface area contributed by atoms with Crippen molar-refractivity contribution in [3.8, 4) is 0 Å². The lowest BCUT2D eigenvalue weighted by molar-refractivity contribution is -0.0567. The predicted octanol–water partition coefficient (Wildman–Crippen LogP) is 7.00. The van der Waals surface area contributed by atoms with Gasteiger partial charge in [-0.2, -0.15) is 0 Å². The topological polar surface area (TPSA) is 16.8 Å². The van der Waals surface area contributed by atoms with E-state index in [4.69, 9.17) is 14.1 Å². The summed E-state index contributed by atoms with van der Waals surface area (Å²) < 4.78 is 39.0. The van der Waals surface area contributed by atoms with Crippen molar-refractivity contribution < 1.29 is 11.9 Å². The molecule has 0 aliphatic carbocycles. The highest BCUT2D eigenvalue weighted by molar-refractivity contribution is 5.61. The molecule has 166 valence electrons. The second-order valence-corrected chi connectivity index (χ2v) is 9.40. The summed E-state index contributed by atoms with van der Waals surface area (Å²) in [6.07, 6.45) is 0.146. The third-order valence-corrected chi connectivity index (χ3v) is 6.76. The third-order valence-electron chi connectivity index (χ3n) is 6.76. The highest BCUT2D eigenvalue weighted by Crippen LogP contribution is 2.53. The molecule has 0 aromatic heterocycles. The van der Waals surface area contributed by atoms with Gasteiger partial charge in [0.05, 0.1) is 14.0 Å². The van der Waals surface area contributed by atoms with Gasteiger partial charge in [0.2, 0.25) is 0 Å². The van der Waals surface area contributed by atoms with E-state index in [1.165, 1.54) is 6.07 Å². The molecule has 3 nitrogen and oxygen atoms in total. The first kappa shape index (κ1) is 20.7. The first-order valence-electron chi connectivity index (χ1n) is 12.0. The quantitative estimate of drug-likeness (QED) is 0.464. The Morgan fingerprint density at radius 3 is 2.48 bits per heavy atom. The molecule has 0 N–H and O–H groups in total. The molecular formula is C27H35FN2O. The largest absolute Gasteiger partial charge is 0.358 e. The molecule has 31 heavy (non-hydrogen) atoms. The highest BCUT2D eigenvalue weighted by atomic mass is 19.1. The van der Waals surface area contributed by atoms with Gasteiger partial charge in [-0.25, -0.2) is 9.24 Å². The molecule has 0 fully saturated rings. The van der Waals surface area contributed by atoms with Crippen LogP contribution in [0.3, 0.4) is 0 Å². The number of hydrogen-bond acceptors (Lipinski definition) is 2. The minimum Gasteiger partial charge on any atom is -0.358 e. The van der Waals surface area contributed by atoms with E-state index >= 15 is 0 Å². The summed E-state index contributed by atoms with van der Waals surface area (Å²) in [6, 6.07) is 4.04. The molecule has 0 saturated heterocycles. The summed E-state index contributed by atoms with van der Waals surface area (Å²) in [4.78, 5) is 5.84. The number of halogens is 1. The molecule has 0 amide bonds. The highest BCUT2D eigenvalue weighted by Gasteiger charge is 2.47. The van der Waals surface area contributed by atoms with Crippen molar-refractivity contribution in [3.05, 3.63) is 74.8 Å². The maximum atomic E-state index is 14.4. The Morgan fingerprint density at radius 2 is 1.87 bits per heavy atom. The molecule has 0 radical (unpaired) electrons. The second-order valence-electron chi connectivity index (χ2n) is 9.40. The summed E-state index contributed by atoms with van der Waals surface area (Å²) in [5.41, 5.74) is 3.22. The number of ether oxygens (including phenoxy) is 1. The molecule has 0 saturated carbocycles. The van der Waals surface area contributed by atoms with Gasteiger partial charge in [-0.1, -0.05) is 25.1 Å². The number of nitrogens with zero attached hydrogens (tertiary/aromatic N) is 2. The summed E-state index contributed by atoms with van der Waals surface area (Å²) in [5, 5.41) is 0. The van der Waals surface area contributed by atoms with Gasteiger partial charge in [0.15, 0.2) is 5.69 Å². The SMILES string of the molecule is [2H]c1c([N+]#[C-])c(C)c([2H])c2c1C(C)O[C@@]2(CC(C)CN(C)C(C)C)c1ccc(F)c(C)c1C. The van der Waals surface area contributed by atoms with Crippen LogP contribution in [-0.4, -0.2) is 24.5 Å². The van der Waals surface area contributed by atoms with E-state index in [1.807, 2.05) is 13.8 Å². The maximum absolute atomic E-state index is 14.4. The first-order chi connectivity index (χ1) is 15.4. The molecular weight excluding hydrogens is 387 g/mol. The van der Waals surface area contributed by atoms with Gasteiger partial charge < -0.3 is 9.64 Å². The lowest BCUT2D eigenvalue weighted by atomic mass is 9.76. The van der Waals surface area contributed by atoms with Crippen molar-refractivity contribution in [3.63, 3.8) is 0 Å². The monoisotopic (exact) mass is 424 g/mol. The average molecular weight is 425 g/mol. The Morgan fingerprint density at radius 1 is 1.19 bits per heavy atom. The summed E-state index contributed by atoms with van der Waals surface area (Å²) in [7, 11) is 2.09. The van der Waals surface area contributed by atoms with Crippen LogP contribution in [-0.2, 0) is 10.3 Å². The van der Waals surface area contributed by atoms with Crippen LogP contribution in [0.1, 0.15) is 76.3 Å². The van der Waals surface area contributed by atoms with Crippen LogP contribution >= 0.6 is 0 Å². The molecule has 1 heterocycles. The normalized spacial score (nSPS) is 22.3. The Labute approximate surface area is 189 Å². The van der Waals surface area contributed by atoms with Crippen LogP contribution in [0.15, 0.2) is 24.2 Å². The second kappa shape index (κ2) is 8.73. The van der Waals surface area contributed by atoms with Crippen molar-refractivity contribution in [2.75, 3.05) is 13.6 Å². The summed E-state index contributed by atoms with van der Waals surface area (Å²) in [5.74, 6) is -0.0631. The van der Waals surface area contributed by atoms with Gasteiger partial charge in [0.1, 0.15) is 11.4 Å². The lowest BCUT2D eigenvalue weighted by Crippen LogP contribution is -2.36. The third kappa shape index (κ3) is 4.14. The molecule has 2 aromatic carbocycles. The Kier molecular flexibility index (Phi) is 5.82. The van der Waals surface area contributed by atoms with Crippen LogP contribution in [0, 0.1) is 39.1 Å². The van der Waals surface area contributed by atoms with Gasteiger partial charge in [-0.15, -0.1) is 0 Å². The molecule has 0 spiro atoms. The fraction of sp³-hybridized carbons (Fsp3) is 0.519. The van der Waals surface area contributed by atoms with Gasteiger partial charge in [0.25, 0.3) is 0 Å². The van der Waals surface area contributed by atoms with Gasteiger partial charge >= 0.3 is 0 Å². The van der Waals surface area contributed by atoms with E-state index in [1.54, 1.807) is 19.9 Å². The molecule has 1 aliphatic rings. The summed E-state index contributed by atoms with van der Waals surface area (Å²) in [6.45, 7) is 22.2. The zero-order valence-electron chi connectivity index (χ0n) is 22.0. The molecule has 1 aliphatic heterocycles. The van der Waals surface area contributed by atoms with E-state index < -0.39 is 11.7 Å². The van der Waals surface area contributed by atoms with E-state index in [9.17, 15) is 4.39 Å². The molecule has 0 bridgehead atoms. The van der Waals surface area contributed by atoms with Gasteiger partial charge in [-0.3, -0.25) is 0 Å². The van der Waals surface area contributed by atoms with Crippen molar-refractivity contribution in [2.45, 2.75) is 72.6 Å². The first-order valence-corrected chi connectivity index (χ1v) is 11.0. The molecule has 3 atom stereocenters. The fourth-order valence-electron chi connectivity index (χ4n) is 4.69. The standard InChI is InChI=1S/C27H35FN2O/c1-16(2)30(9)15-17(3)14-27(23-10-11-25(28)20(6)19(23)5)24-12-18(4)26(29-8)13-22(24)21(7)31-27/h10-13,16-17,21H,14-15H2,1-7,9H3/t17?,21?,27-/m0/s1/i12D,13D. The smallest absolute Gasteiger partial charge is 0.190 e. The Bertz CT molecular complexity index is 1120. The molecule has 4 heteroatoms. The molecule has 2 aromatic rings. The van der Waals surface area contributed by atoms with Crippen LogP contribution in [0.5, 0.6) is 0 Å². The van der Waals surface area contributed by atoms with Crippen LogP contribution in [0.4, 0.5) is 10.1 Å². The Hall–Kier alpha value is -2.22. The molecule has 2 unspecified atom stereocenters. The minimum absolute atomic E-state index is 0.145. The zero-order chi connectivity index (χ0) is 24.8. The number of hydrogen-bond donors (Lipinski definition) is 0. The van der Waals surface area contributed by atoms with Crippen molar-refractivity contribution in [1.82, 2.24) is 4.90 Å². The van der Waals surface area contributed by atoms with E-state index in [0.717, 1.165) is 17.7 Å². The number of rotatable bonds is 6. The zero-order valence-corrected chi connectivity index (χ0v) is 20.0. The predicted molar refractivity (Wildman–Crippen MR) is 125 cm³/mol. The van der Waals surface area contributed by atoms with E-state index in [0.29, 0.717) is 34.7 Å². The van der Waals surface area contributed by atoms with E-state index in [-0.39, 0.29) is 29.5 Å². The fourth-order valence-corrected chi connectivity index (χ4v) is 4.69. The van der Waals surface area contributed by atoms with Crippen molar-refractivity contribution in [1.29, 1.82) is 0 Å².